The van der Waals surface area contributed by atoms with Crippen molar-refractivity contribution in [2.75, 3.05) is 11.8 Å². The molecule has 8 heteroatoms. The average Bonchev–Trinajstić information content (AvgIpc) is 2.97. The molecule has 0 radical (unpaired) electrons. The molecule has 2 aromatic rings. The van der Waals surface area contributed by atoms with Gasteiger partial charge in [0.2, 0.25) is 0 Å². The molecule has 0 amide bonds. The number of aromatic nitrogens is 1. The standard InChI is InChI=1S/C13H12N2O4S2/c1-19-13(16)7-4-10-2-5-11(6-3-10)21(17,18)15-12-8-9-20-14-12/h2-9H,1H3,(H,14,15)/b7-4+. The van der Waals surface area contributed by atoms with E-state index in [1.165, 1.54) is 31.4 Å². The summed E-state index contributed by atoms with van der Waals surface area (Å²) in [6, 6.07) is 7.66. The van der Waals surface area contributed by atoms with Gasteiger partial charge >= 0.3 is 5.97 Å². The van der Waals surface area contributed by atoms with Crippen molar-refractivity contribution in [1.82, 2.24) is 4.37 Å². The van der Waals surface area contributed by atoms with E-state index in [2.05, 4.69) is 13.8 Å². The number of methoxy groups -OCH3 is 1. The average molecular weight is 324 g/mol. The number of carbonyl (C=O) groups is 1. The maximum Gasteiger partial charge on any atom is 0.330 e. The molecule has 1 N–H and O–H groups in total. The van der Waals surface area contributed by atoms with Crippen molar-refractivity contribution in [2.24, 2.45) is 0 Å². The largest absolute Gasteiger partial charge is 0.466 e. The lowest BCUT2D eigenvalue weighted by atomic mass is 10.2. The fraction of sp³-hybridized carbons (Fsp3) is 0.0769. The Balaban J connectivity index is 2.14. The first kappa shape index (κ1) is 15.2. The molecule has 0 spiro atoms. The van der Waals surface area contributed by atoms with Gasteiger partial charge in [-0.3, -0.25) is 4.72 Å². The Morgan fingerprint density at radius 1 is 1.29 bits per heavy atom. The predicted octanol–water partition coefficient (Wildman–Crippen LogP) is 2.13. The van der Waals surface area contributed by atoms with E-state index in [0.717, 1.165) is 11.5 Å². The molecular weight excluding hydrogens is 312 g/mol. The van der Waals surface area contributed by atoms with Crippen LogP contribution < -0.4 is 4.72 Å². The Labute approximate surface area is 126 Å². The zero-order valence-electron chi connectivity index (χ0n) is 11.0. The molecule has 21 heavy (non-hydrogen) atoms. The van der Waals surface area contributed by atoms with Gasteiger partial charge in [-0.05, 0) is 41.4 Å². The molecule has 1 aromatic carbocycles. The van der Waals surface area contributed by atoms with Gasteiger partial charge in [-0.2, -0.15) is 4.37 Å². The second-order valence-electron chi connectivity index (χ2n) is 3.92. The molecule has 2 rings (SSSR count). The van der Waals surface area contributed by atoms with E-state index in [-0.39, 0.29) is 10.7 Å². The fourth-order valence-corrected chi connectivity index (χ4v) is 2.98. The molecule has 0 saturated heterocycles. The number of sulfonamides is 1. The molecular formula is C13H12N2O4S2. The second-order valence-corrected chi connectivity index (χ2v) is 6.26. The third kappa shape index (κ3) is 4.14. The van der Waals surface area contributed by atoms with Crippen LogP contribution in [0.15, 0.2) is 46.7 Å². The van der Waals surface area contributed by atoms with Crippen molar-refractivity contribution in [1.29, 1.82) is 0 Å². The van der Waals surface area contributed by atoms with Crippen molar-refractivity contribution in [2.45, 2.75) is 4.90 Å². The lowest BCUT2D eigenvalue weighted by Crippen LogP contribution is -2.12. The van der Waals surface area contributed by atoms with Crippen LogP contribution in [0.5, 0.6) is 0 Å². The zero-order chi connectivity index (χ0) is 15.3. The van der Waals surface area contributed by atoms with Gasteiger partial charge in [0.1, 0.15) is 0 Å². The summed E-state index contributed by atoms with van der Waals surface area (Å²) in [5.74, 6) is -0.188. The van der Waals surface area contributed by atoms with E-state index in [0.29, 0.717) is 5.56 Å². The first-order valence-corrected chi connectivity index (χ1v) is 8.12. The number of carbonyl (C=O) groups excluding carboxylic acids is 1. The molecule has 0 atom stereocenters. The maximum atomic E-state index is 12.1. The van der Waals surface area contributed by atoms with Crippen molar-refractivity contribution in [3.63, 3.8) is 0 Å². The van der Waals surface area contributed by atoms with Gasteiger partial charge in [-0.1, -0.05) is 12.1 Å². The number of rotatable bonds is 5. The molecule has 0 bridgehead atoms. The summed E-state index contributed by atoms with van der Waals surface area (Å²) >= 11 is 1.16. The van der Waals surface area contributed by atoms with Gasteiger partial charge in [0.15, 0.2) is 5.82 Å². The van der Waals surface area contributed by atoms with Crippen LogP contribution in [0.2, 0.25) is 0 Å². The lowest BCUT2D eigenvalue weighted by Gasteiger charge is -2.05. The number of hydrogen-bond acceptors (Lipinski definition) is 6. The quantitative estimate of drug-likeness (QED) is 0.672. The van der Waals surface area contributed by atoms with Crippen molar-refractivity contribution >= 4 is 39.4 Å². The monoisotopic (exact) mass is 324 g/mol. The number of nitrogens with zero attached hydrogens (tertiary/aromatic N) is 1. The predicted molar refractivity (Wildman–Crippen MR) is 80.4 cm³/mol. The highest BCUT2D eigenvalue weighted by Crippen LogP contribution is 2.16. The van der Waals surface area contributed by atoms with Crippen LogP contribution in [0, 0.1) is 0 Å². The van der Waals surface area contributed by atoms with Gasteiger partial charge in [0.05, 0.1) is 12.0 Å². The molecule has 1 heterocycles. The van der Waals surface area contributed by atoms with Crippen LogP contribution in [0.4, 0.5) is 5.82 Å². The zero-order valence-corrected chi connectivity index (χ0v) is 12.6. The van der Waals surface area contributed by atoms with E-state index in [4.69, 9.17) is 0 Å². The van der Waals surface area contributed by atoms with Crippen LogP contribution in [0.3, 0.4) is 0 Å². The summed E-state index contributed by atoms with van der Waals surface area (Å²) in [6.07, 6.45) is 2.80. The SMILES string of the molecule is COC(=O)/C=C/c1ccc(S(=O)(=O)Nc2ccsn2)cc1. The Morgan fingerprint density at radius 2 is 2.00 bits per heavy atom. The van der Waals surface area contributed by atoms with Gasteiger partial charge in [0.25, 0.3) is 10.0 Å². The molecule has 0 fully saturated rings. The number of hydrogen-bond donors (Lipinski definition) is 1. The number of esters is 1. The second kappa shape index (κ2) is 6.51. The Kier molecular flexibility index (Phi) is 4.71. The van der Waals surface area contributed by atoms with E-state index < -0.39 is 16.0 Å². The highest BCUT2D eigenvalue weighted by atomic mass is 32.2. The summed E-state index contributed by atoms with van der Waals surface area (Å²) in [5.41, 5.74) is 0.688. The Hall–Kier alpha value is -2.19. The van der Waals surface area contributed by atoms with E-state index in [1.54, 1.807) is 23.6 Å². The van der Waals surface area contributed by atoms with Gasteiger partial charge < -0.3 is 4.74 Å². The summed E-state index contributed by atoms with van der Waals surface area (Å²) < 4.78 is 34.9. The minimum absolute atomic E-state index is 0.116. The molecule has 1 aromatic heterocycles. The minimum atomic E-state index is -3.66. The van der Waals surface area contributed by atoms with Crippen molar-refractivity contribution in [3.8, 4) is 0 Å². The van der Waals surface area contributed by atoms with E-state index in [1.807, 2.05) is 0 Å². The Morgan fingerprint density at radius 3 is 2.57 bits per heavy atom. The summed E-state index contributed by atoms with van der Waals surface area (Å²) in [5, 5.41) is 1.68. The van der Waals surface area contributed by atoms with Gasteiger partial charge in [-0.15, -0.1) is 0 Å². The Bertz CT molecular complexity index is 735. The lowest BCUT2D eigenvalue weighted by molar-refractivity contribution is -0.134. The molecule has 0 aliphatic carbocycles. The summed E-state index contributed by atoms with van der Waals surface area (Å²) in [6.45, 7) is 0. The normalized spacial score (nSPS) is 11.5. The smallest absolute Gasteiger partial charge is 0.330 e. The summed E-state index contributed by atoms with van der Waals surface area (Å²) in [7, 11) is -2.37. The molecule has 110 valence electrons. The van der Waals surface area contributed by atoms with Gasteiger partial charge in [-0.25, -0.2) is 13.2 Å². The minimum Gasteiger partial charge on any atom is -0.466 e. The van der Waals surface area contributed by atoms with Crippen LogP contribution in [-0.4, -0.2) is 25.9 Å². The number of anilines is 1. The molecule has 6 nitrogen and oxygen atoms in total. The highest BCUT2D eigenvalue weighted by molar-refractivity contribution is 7.92. The van der Waals surface area contributed by atoms with Crippen LogP contribution in [0.25, 0.3) is 6.08 Å². The van der Waals surface area contributed by atoms with Crippen molar-refractivity contribution < 1.29 is 17.9 Å². The fourth-order valence-electron chi connectivity index (χ4n) is 1.45. The molecule has 0 aliphatic heterocycles. The molecule has 0 saturated carbocycles. The highest BCUT2D eigenvalue weighted by Gasteiger charge is 2.14. The van der Waals surface area contributed by atoms with Crippen LogP contribution in [-0.2, 0) is 19.6 Å². The molecule has 0 unspecified atom stereocenters. The molecule has 0 aliphatic rings. The maximum absolute atomic E-state index is 12.1. The van der Waals surface area contributed by atoms with Crippen LogP contribution in [0.1, 0.15) is 5.56 Å². The van der Waals surface area contributed by atoms with Crippen LogP contribution >= 0.6 is 11.5 Å². The topological polar surface area (TPSA) is 85.4 Å². The summed E-state index contributed by atoms with van der Waals surface area (Å²) in [4.78, 5) is 11.1. The third-order valence-electron chi connectivity index (χ3n) is 2.48. The number of benzene rings is 1. The van der Waals surface area contributed by atoms with Crippen molar-refractivity contribution in [3.05, 3.63) is 47.4 Å². The number of nitrogens with one attached hydrogen (secondary N) is 1. The van der Waals surface area contributed by atoms with Gasteiger partial charge in [0, 0.05) is 11.5 Å². The van der Waals surface area contributed by atoms with E-state index in [9.17, 15) is 13.2 Å². The first-order chi connectivity index (χ1) is 10.0. The van der Waals surface area contributed by atoms with E-state index >= 15 is 0 Å². The number of ether oxygens (including phenoxy) is 1. The first-order valence-electron chi connectivity index (χ1n) is 5.80. The third-order valence-corrected chi connectivity index (χ3v) is 4.41.